The predicted octanol–water partition coefficient (Wildman–Crippen LogP) is 2.06. The van der Waals surface area contributed by atoms with Crippen LogP contribution >= 0.6 is 0 Å². The van der Waals surface area contributed by atoms with E-state index in [-0.39, 0.29) is 11.0 Å². The first kappa shape index (κ1) is 11.7. The minimum Gasteiger partial charge on any atom is -0.460 e. The SMILES string of the molecule is O=S(=O)(Oc1coc2ccncc12)C(F)(F)F. The Balaban J connectivity index is 2.44. The van der Waals surface area contributed by atoms with Gasteiger partial charge in [-0.25, -0.2) is 0 Å². The average molecular weight is 267 g/mol. The normalized spacial score (nSPS) is 12.9. The second-order valence-corrected chi connectivity index (χ2v) is 4.49. The van der Waals surface area contributed by atoms with Gasteiger partial charge in [0.05, 0.1) is 5.39 Å². The van der Waals surface area contributed by atoms with Crippen molar-refractivity contribution in [3.8, 4) is 5.75 Å². The average Bonchev–Trinajstić information content (AvgIpc) is 2.60. The maximum Gasteiger partial charge on any atom is 0.534 e. The van der Waals surface area contributed by atoms with Crippen LogP contribution < -0.4 is 4.18 Å². The largest absolute Gasteiger partial charge is 0.534 e. The Morgan fingerprint density at radius 1 is 1.35 bits per heavy atom. The van der Waals surface area contributed by atoms with Gasteiger partial charge < -0.3 is 8.60 Å². The van der Waals surface area contributed by atoms with Crippen molar-refractivity contribution < 1.29 is 30.2 Å². The first-order valence-corrected chi connectivity index (χ1v) is 5.54. The quantitative estimate of drug-likeness (QED) is 0.615. The molecule has 5 nitrogen and oxygen atoms in total. The molecular weight excluding hydrogens is 263 g/mol. The van der Waals surface area contributed by atoms with Crippen LogP contribution in [-0.4, -0.2) is 18.9 Å². The number of pyridine rings is 1. The van der Waals surface area contributed by atoms with Gasteiger partial charge in [0.15, 0.2) is 5.75 Å². The van der Waals surface area contributed by atoms with Gasteiger partial charge >= 0.3 is 15.6 Å². The van der Waals surface area contributed by atoms with E-state index in [2.05, 4.69) is 9.17 Å². The molecule has 2 aromatic rings. The number of fused-ring (bicyclic) bond motifs is 1. The third-order valence-electron chi connectivity index (χ3n) is 1.82. The summed E-state index contributed by atoms with van der Waals surface area (Å²) in [6.07, 6.45) is 3.25. The highest BCUT2D eigenvalue weighted by molar-refractivity contribution is 7.88. The first-order chi connectivity index (χ1) is 7.81. The van der Waals surface area contributed by atoms with Crippen LogP contribution in [0.3, 0.4) is 0 Å². The van der Waals surface area contributed by atoms with Crippen molar-refractivity contribution in [3.05, 3.63) is 24.7 Å². The number of furan rings is 1. The fourth-order valence-corrected chi connectivity index (χ4v) is 1.54. The van der Waals surface area contributed by atoms with Crippen LogP contribution in [0.4, 0.5) is 13.2 Å². The van der Waals surface area contributed by atoms with Crippen molar-refractivity contribution in [1.82, 2.24) is 4.98 Å². The summed E-state index contributed by atoms with van der Waals surface area (Å²) in [6, 6.07) is 1.36. The molecule has 0 amide bonds. The molecule has 0 atom stereocenters. The van der Waals surface area contributed by atoms with Crippen molar-refractivity contribution in [2.24, 2.45) is 0 Å². The predicted molar refractivity (Wildman–Crippen MR) is 49.6 cm³/mol. The zero-order valence-corrected chi connectivity index (χ0v) is 8.75. The van der Waals surface area contributed by atoms with Crippen LogP contribution in [0.2, 0.25) is 0 Å². The number of hydrogen-bond acceptors (Lipinski definition) is 5. The molecule has 0 spiro atoms. The molecule has 0 fully saturated rings. The summed E-state index contributed by atoms with van der Waals surface area (Å²) in [5, 5.41) is 0.0420. The number of hydrogen-bond donors (Lipinski definition) is 0. The molecule has 0 aliphatic carbocycles. The van der Waals surface area contributed by atoms with Gasteiger partial charge in [0.2, 0.25) is 0 Å². The molecular formula is C8H4F3NO4S. The van der Waals surface area contributed by atoms with Crippen LogP contribution in [0.1, 0.15) is 0 Å². The molecule has 2 heterocycles. The molecule has 0 unspecified atom stereocenters. The molecule has 92 valence electrons. The molecule has 0 radical (unpaired) electrons. The Bertz CT molecular complexity index is 646. The zero-order chi connectivity index (χ0) is 12.7. The minimum absolute atomic E-state index is 0.0420. The van der Waals surface area contributed by atoms with Gasteiger partial charge in [-0.05, 0) is 6.07 Å². The van der Waals surface area contributed by atoms with Crippen LogP contribution in [0.25, 0.3) is 11.0 Å². The van der Waals surface area contributed by atoms with Gasteiger partial charge in [-0.2, -0.15) is 21.6 Å². The van der Waals surface area contributed by atoms with E-state index in [4.69, 9.17) is 4.42 Å². The van der Waals surface area contributed by atoms with Crippen molar-refractivity contribution >= 4 is 21.1 Å². The van der Waals surface area contributed by atoms with Crippen LogP contribution in [0.5, 0.6) is 5.75 Å². The first-order valence-electron chi connectivity index (χ1n) is 4.13. The maximum absolute atomic E-state index is 12.1. The van der Waals surface area contributed by atoms with E-state index in [0.717, 1.165) is 12.5 Å². The van der Waals surface area contributed by atoms with Gasteiger partial charge in [-0.3, -0.25) is 4.98 Å². The summed E-state index contributed by atoms with van der Waals surface area (Å²) in [6.45, 7) is 0. The van der Waals surface area contributed by atoms with Gasteiger partial charge in [0.1, 0.15) is 11.8 Å². The van der Waals surface area contributed by atoms with Crippen molar-refractivity contribution in [1.29, 1.82) is 0 Å². The summed E-state index contributed by atoms with van der Waals surface area (Å²) < 4.78 is 66.5. The summed E-state index contributed by atoms with van der Waals surface area (Å²) in [5.41, 5.74) is -5.31. The lowest BCUT2D eigenvalue weighted by molar-refractivity contribution is -0.0499. The Kier molecular flexibility index (Phi) is 2.49. The zero-order valence-electron chi connectivity index (χ0n) is 7.93. The fourth-order valence-electron chi connectivity index (χ4n) is 1.08. The lowest BCUT2D eigenvalue weighted by Gasteiger charge is -2.07. The molecule has 0 aliphatic heterocycles. The summed E-state index contributed by atoms with van der Waals surface area (Å²) in [7, 11) is -5.70. The number of alkyl halides is 3. The molecule has 0 saturated heterocycles. The lowest BCUT2D eigenvalue weighted by atomic mass is 10.3. The van der Waals surface area contributed by atoms with Crippen molar-refractivity contribution in [3.63, 3.8) is 0 Å². The minimum atomic E-state index is -5.70. The highest BCUT2D eigenvalue weighted by Crippen LogP contribution is 2.32. The third kappa shape index (κ3) is 2.05. The van der Waals surface area contributed by atoms with E-state index in [9.17, 15) is 21.6 Å². The van der Waals surface area contributed by atoms with Gasteiger partial charge in [-0.1, -0.05) is 0 Å². The van der Waals surface area contributed by atoms with E-state index < -0.39 is 21.4 Å². The van der Waals surface area contributed by atoms with Crippen molar-refractivity contribution in [2.45, 2.75) is 5.51 Å². The Morgan fingerprint density at radius 3 is 2.71 bits per heavy atom. The van der Waals surface area contributed by atoms with Gasteiger partial charge in [0, 0.05) is 12.4 Å². The fraction of sp³-hybridized carbons (Fsp3) is 0.125. The molecule has 17 heavy (non-hydrogen) atoms. The van der Waals surface area contributed by atoms with E-state index in [1.54, 1.807) is 0 Å². The number of nitrogens with zero attached hydrogens (tertiary/aromatic N) is 1. The molecule has 0 N–H and O–H groups in total. The van der Waals surface area contributed by atoms with Crippen molar-refractivity contribution in [2.75, 3.05) is 0 Å². The molecule has 2 aromatic heterocycles. The second-order valence-electron chi connectivity index (χ2n) is 2.95. The standard InChI is InChI=1S/C8H4F3NO4S/c9-8(10,11)17(13,14)16-7-4-15-6-1-2-12-3-5(6)7/h1-4H. The molecule has 0 aliphatic rings. The van der Waals surface area contributed by atoms with E-state index in [1.807, 2.05) is 0 Å². The smallest absolute Gasteiger partial charge is 0.460 e. The molecule has 0 bridgehead atoms. The maximum atomic E-state index is 12.1. The van der Waals surface area contributed by atoms with E-state index in [1.165, 1.54) is 12.3 Å². The van der Waals surface area contributed by atoms with Crippen LogP contribution in [0.15, 0.2) is 29.1 Å². The van der Waals surface area contributed by atoms with Gasteiger partial charge in [0.25, 0.3) is 0 Å². The summed E-state index contributed by atoms with van der Waals surface area (Å²) >= 11 is 0. The second kappa shape index (κ2) is 3.62. The Morgan fingerprint density at radius 2 is 2.06 bits per heavy atom. The Labute approximate surface area is 92.9 Å². The monoisotopic (exact) mass is 267 g/mol. The Hall–Kier alpha value is -1.77. The third-order valence-corrected chi connectivity index (χ3v) is 2.79. The van der Waals surface area contributed by atoms with E-state index in [0.29, 0.717) is 0 Å². The summed E-state index contributed by atoms with van der Waals surface area (Å²) in [5.74, 6) is -0.551. The molecule has 9 heteroatoms. The topological polar surface area (TPSA) is 69.4 Å². The highest BCUT2D eigenvalue weighted by Gasteiger charge is 2.48. The van der Waals surface area contributed by atoms with E-state index >= 15 is 0 Å². The number of rotatable bonds is 2. The highest BCUT2D eigenvalue weighted by atomic mass is 32.2. The van der Waals surface area contributed by atoms with Crippen LogP contribution in [0, 0.1) is 0 Å². The summed E-state index contributed by atoms with van der Waals surface area (Å²) in [4.78, 5) is 3.62. The van der Waals surface area contributed by atoms with Gasteiger partial charge in [-0.15, -0.1) is 0 Å². The molecule has 0 saturated carbocycles. The number of halogens is 3. The lowest BCUT2D eigenvalue weighted by Crippen LogP contribution is -2.27. The number of aromatic nitrogens is 1. The molecule has 2 rings (SSSR count). The molecule has 0 aromatic carbocycles. The van der Waals surface area contributed by atoms with Crippen LogP contribution in [-0.2, 0) is 10.1 Å².